The fourth-order valence-electron chi connectivity index (χ4n) is 2.29. The molecule has 0 atom stereocenters. The summed E-state index contributed by atoms with van der Waals surface area (Å²) in [5, 5.41) is 14.4. The number of carbonyl (C=O) groups is 1. The third-order valence-corrected chi connectivity index (χ3v) is 3.92. The molecule has 128 valence electrons. The summed E-state index contributed by atoms with van der Waals surface area (Å²) in [6.45, 7) is 2.41. The zero-order valence-corrected chi connectivity index (χ0v) is 15.1. The van der Waals surface area contributed by atoms with Crippen LogP contribution in [0.4, 0.5) is 5.69 Å². The highest BCUT2D eigenvalue weighted by atomic mass is 79.9. The van der Waals surface area contributed by atoms with Gasteiger partial charge >= 0.3 is 0 Å². The third kappa shape index (κ3) is 4.21. The molecule has 0 fully saturated rings. The molecule has 3 rings (SSSR count). The van der Waals surface area contributed by atoms with Crippen molar-refractivity contribution in [3.05, 3.63) is 53.0 Å². The van der Waals surface area contributed by atoms with Crippen molar-refractivity contribution in [2.75, 3.05) is 11.9 Å². The van der Waals surface area contributed by atoms with E-state index in [9.17, 15) is 4.79 Å². The monoisotopic (exact) mass is 401 g/mol. The van der Waals surface area contributed by atoms with E-state index in [1.165, 1.54) is 4.68 Å². The Kier molecular flexibility index (Phi) is 5.39. The number of halogens is 1. The lowest BCUT2D eigenvalue weighted by Gasteiger charge is -2.11. The first-order chi connectivity index (χ1) is 12.2. The average molecular weight is 402 g/mol. The molecule has 2 aromatic carbocycles. The lowest BCUT2D eigenvalue weighted by atomic mass is 10.2. The van der Waals surface area contributed by atoms with Crippen LogP contribution in [0.1, 0.15) is 6.92 Å². The molecule has 0 spiro atoms. The molecule has 25 heavy (non-hydrogen) atoms. The molecule has 3 aromatic rings. The van der Waals surface area contributed by atoms with Gasteiger partial charge in [-0.3, -0.25) is 4.79 Å². The quantitative estimate of drug-likeness (QED) is 0.685. The minimum Gasteiger partial charge on any atom is -0.492 e. The van der Waals surface area contributed by atoms with Crippen molar-refractivity contribution in [3.63, 3.8) is 0 Å². The van der Waals surface area contributed by atoms with Crippen molar-refractivity contribution in [1.82, 2.24) is 20.2 Å². The number of hydrogen-bond acceptors (Lipinski definition) is 5. The molecule has 1 aromatic heterocycles. The van der Waals surface area contributed by atoms with Gasteiger partial charge in [0.25, 0.3) is 0 Å². The molecule has 1 amide bonds. The second-order valence-corrected chi connectivity index (χ2v) is 6.06. The highest BCUT2D eigenvalue weighted by molar-refractivity contribution is 9.10. The highest BCUT2D eigenvalue weighted by Crippen LogP contribution is 2.24. The fourth-order valence-corrected chi connectivity index (χ4v) is 2.56. The van der Waals surface area contributed by atoms with Crippen LogP contribution in [0.3, 0.4) is 0 Å². The van der Waals surface area contributed by atoms with Crippen LogP contribution >= 0.6 is 15.9 Å². The van der Waals surface area contributed by atoms with Gasteiger partial charge < -0.3 is 10.1 Å². The van der Waals surface area contributed by atoms with Crippen LogP contribution in [-0.4, -0.2) is 32.7 Å². The van der Waals surface area contributed by atoms with Gasteiger partial charge in [-0.1, -0.05) is 40.2 Å². The van der Waals surface area contributed by atoms with Gasteiger partial charge in [-0.15, -0.1) is 5.10 Å². The highest BCUT2D eigenvalue weighted by Gasteiger charge is 2.14. The maximum Gasteiger partial charge on any atom is 0.246 e. The molecule has 8 heteroatoms. The first-order valence-electron chi connectivity index (χ1n) is 7.71. The normalized spacial score (nSPS) is 10.5. The molecule has 0 unspecified atom stereocenters. The molecule has 1 N–H and O–H groups in total. The molecule has 1 heterocycles. The zero-order chi connectivity index (χ0) is 17.6. The second-order valence-electron chi connectivity index (χ2n) is 5.14. The number of anilines is 1. The van der Waals surface area contributed by atoms with E-state index in [2.05, 4.69) is 36.8 Å². The minimum atomic E-state index is -0.238. The molecular formula is C17H16BrN5O2. The van der Waals surface area contributed by atoms with Gasteiger partial charge in [0.1, 0.15) is 12.3 Å². The Morgan fingerprint density at radius 2 is 1.96 bits per heavy atom. The topological polar surface area (TPSA) is 81.9 Å². The number of aromatic nitrogens is 4. The number of ether oxygens (including phenoxy) is 1. The van der Waals surface area contributed by atoms with Gasteiger partial charge in [0.2, 0.25) is 5.91 Å². The van der Waals surface area contributed by atoms with Gasteiger partial charge in [0, 0.05) is 10.0 Å². The minimum absolute atomic E-state index is 0.00113. The van der Waals surface area contributed by atoms with Crippen LogP contribution < -0.4 is 10.1 Å². The Morgan fingerprint density at radius 1 is 1.20 bits per heavy atom. The Bertz CT molecular complexity index is 863. The van der Waals surface area contributed by atoms with Gasteiger partial charge in [-0.05, 0) is 41.6 Å². The zero-order valence-electron chi connectivity index (χ0n) is 13.5. The second kappa shape index (κ2) is 7.89. The summed E-state index contributed by atoms with van der Waals surface area (Å²) in [6.07, 6.45) is 0. The maximum atomic E-state index is 12.4. The standard InChI is InChI=1S/C17H16BrN5O2/c1-2-25-15-6-4-3-5-14(15)19-16(24)11-23-17(20-21-22-23)12-7-9-13(18)10-8-12/h3-10H,2,11H2,1H3,(H,19,24). The summed E-state index contributed by atoms with van der Waals surface area (Å²) < 4.78 is 7.93. The molecule has 0 saturated heterocycles. The fraction of sp³-hybridized carbons (Fsp3) is 0.176. The first-order valence-corrected chi connectivity index (χ1v) is 8.50. The summed E-state index contributed by atoms with van der Waals surface area (Å²) in [5.74, 6) is 0.918. The van der Waals surface area contributed by atoms with Crippen molar-refractivity contribution in [2.45, 2.75) is 13.5 Å². The Labute approximate surface area is 153 Å². The van der Waals surface area contributed by atoms with E-state index >= 15 is 0 Å². The number of amides is 1. The van der Waals surface area contributed by atoms with E-state index < -0.39 is 0 Å². The Balaban J connectivity index is 1.74. The summed E-state index contributed by atoms with van der Waals surface area (Å²) in [7, 11) is 0. The molecular weight excluding hydrogens is 386 g/mol. The molecule has 0 aliphatic rings. The SMILES string of the molecule is CCOc1ccccc1NC(=O)Cn1nnnc1-c1ccc(Br)cc1. The number of para-hydroxylation sites is 2. The predicted octanol–water partition coefficient (Wildman–Crippen LogP) is 3.14. The van der Waals surface area contributed by atoms with Crippen LogP contribution in [0.5, 0.6) is 5.75 Å². The number of tetrazole rings is 1. The molecule has 0 bridgehead atoms. The lowest BCUT2D eigenvalue weighted by Crippen LogP contribution is -2.20. The van der Waals surface area contributed by atoms with Crippen molar-refractivity contribution in [3.8, 4) is 17.1 Å². The van der Waals surface area contributed by atoms with E-state index in [0.717, 1.165) is 10.0 Å². The van der Waals surface area contributed by atoms with Gasteiger partial charge in [0.05, 0.1) is 12.3 Å². The van der Waals surface area contributed by atoms with Gasteiger partial charge in [0.15, 0.2) is 5.82 Å². The van der Waals surface area contributed by atoms with Crippen LogP contribution in [0, 0.1) is 0 Å². The predicted molar refractivity (Wildman–Crippen MR) is 97.2 cm³/mol. The lowest BCUT2D eigenvalue weighted by molar-refractivity contribution is -0.116. The summed E-state index contributed by atoms with van der Waals surface area (Å²) in [5.41, 5.74) is 1.45. The molecule has 0 saturated carbocycles. The Hall–Kier alpha value is -2.74. The van der Waals surface area contributed by atoms with Crippen molar-refractivity contribution < 1.29 is 9.53 Å². The van der Waals surface area contributed by atoms with Crippen LogP contribution in [0.2, 0.25) is 0 Å². The maximum absolute atomic E-state index is 12.4. The number of hydrogen-bond donors (Lipinski definition) is 1. The van der Waals surface area contributed by atoms with Crippen LogP contribution in [0.15, 0.2) is 53.0 Å². The number of carbonyl (C=O) groups excluding carboxylic acids is 1. The molecule has 0 radical (unpaired) electrons. The van der Waals surface area contributed by atoms with Crippen LogP contribution in [0.25, 0.3) is 11.4 Å². The molecule has 0 aliphatic carbocycles. The average Bonchev–Trinajstić information content (AvgIpc) is 3.05. The van der Waals surface area contributed by atoms with E-state index in [0.29, 0.717) is 23.9 Å². The van der Waals surface area contributed by atoms with E-state index in [1.807, 2.05) is 49.4 Å². The van der Waals surface area contributed by atoms with Crippen molar-refractivity contribution in [1.29, 1.82) is 0 Å². The third-order valence-electron chi connectivity index (χ3n) is 3.39. The van der Waals surface area contributed by atoms with E-state index in [4.69, 9.17) is 4.74 Å². The van der Waals surface area contributed by atoms with E-state index in [-0.39, 0.29) is 12.5 Å². The number of nitrogens with one attached hydrogen (secondary N) is 1. The summed E-state index contributed by atoms with van der Waals surface area (Å²) in [4.78, 5) is 12.4. The molecule has 7 nitrogen and oxygen atoms in total. The number of rotatable bonds is 6. The number of benzene rings is 2. The summed E-state index contributed by atoms with van der Waals surface area (Å²) in [6, 6.07) is 14.8. The van der Waals surface area contributed by atoms with Gasteiger partial charge in [-0.25, -0.2) is 4.68 Å². The Morgan fingerprint density at radius 3 is 2.72 bits per heavy atom. The van der Waals surface area contributed by atoms with Crippen molar-refractivity contribution >= 4 is 27.5 Å². The van der Waals surface area contributed by atoms with Gasteiger partial charge in [-0.2, -0.15) is 0 Å². The smallest absolute Gasteiger partial charge is 0.246 e. The van der Waals surface area contributed by atoms with Crippen LogP contribution in [-0.2, 0) is 11.3 Å². The molecule has 0 aliphatic heterocycles. The first kappa shape index (κ1) is 17.1. The van der Waals surface area contributed by atoms with Crippen molar-refractivity contribution in [2.24, 2.45) is 0 Å². The van der Waals surface area contributed by atoms with E-state index in [1.54, 1.807) is 6.07 Å². The number of nitrogens with zero attached hydrogens (tertiary/aromatic N) is 4. The largest absolute Gasteiger partial charge is 0.492 e. The summed E-state index contributed by atoms with van der Waals surface area (Å²) >= 11 is 3.39.